The third-order valence-electron chi connectivity index (χ3n) is 9.73. The number of amides is 2. The van der Waals surface area contributed by atoms with Gasteiger partial charge in [0, 0.05) is 31.7 Å². The topological polar surface area (TPSA) is 116 Å². The lowest BCUT2D eigenvalue weighted by Gasteiger charge is -2.52. The molecule has 2 N–H and O–H groups in total. The van der Waals surface area contributed by atoms with Gasteiger partial charge in [0.1, 0.15) is 24.5 Å². The number of aldehydes is 1. The number of likely N-dealkylation sites (tertiary alicyclic amines) is 1. The summed E-state index contributed by atoms with van der Waals surface area (Å²) in [5.74, 6) is -0.625. The summed E-state index contributed by atoms with van der Waals surface area (Å²) in [5.41, 5.74) is 2.00. The van der Waals surface area contributed by atoms with E-state index in [-0.39, 0.29) is 24.3 Å². The van der Waals surface area contributed by atoms with Crippen LogP contribution in [0.15, 0.2) is 48.5 Å². The highest BCUT2D eigenvalue weighted by molar-refractivity contribution is 6.00. The summed E-state index contributed by atoms with van der Waals surface area (Å²) in [6, 6.07) is 13.4. The molecule has 2 saturated heterocycles. The summed E-state index contributed by atoms with van der Waals surface area (Å²) in [7, 11) is 0. The number of aliphatic hydroxyl groups is 1. The number of unbranched alkanes of at least 4 members (excludes halogenated alkanes) is 1. The zero-order valence-electron chi connectivity index (χ0n) is 25.7. The van der Waals surface area contributed by atoms with Crippen LogP contribution in [-0.4, -0.2) is 76.3 Å². The van der Waals surface area contributed by atoms with E-state index >= 15 is 0 Å². The normalized spacial score (nSPS) is 21.6. The van der Waals surface area contributed by atoms with Gasteiger partial charge in [-0.05, 0) is 61.3 Å². The lowest BCUT2D eigenvalue weighted by Crippen LogP contribution is -2.75. The number of aliphatic hydroxyl groups excluding tert-OH is 1. The van der Waals surface area contributed by atoms with Crippen molar-refractivity contribution < 1.29 is 29.0 Å². The zero-order valence-corrected chi connectivity index (χ0v) is 25.7. The summed E-state index contributed by atoms with van der Waals surface area (Å²) < 4.78 is 5.43. The average molecular weight is 604 g/mol. The van der Waals surface area contributed by atoms with E-state index in [1.54, 1.807) is 41.3 Å². The molecular formula is C35H45N3O6. The second kappa shape index (κ2) is 14.5. The predicted molar refractivity (Wildman–Crippen MR) is 166 cm³/mol. The average Bonchev–Trinajstić information content (AvgIpc) is 3.07. The first kappa shape index (κ1) is 31.9. The molecule has 1 aliphatic carbocycles. The molecule has 2 aromatic carbocycles. The number of piperazine rings is 1. The van der Waals surface area contributed by atoms with Gasteiger partial charge in [0.05, 0.1) is 11.7 Å². The fourth-order valence-corrected chi connectivity index (χ4v) is 6.97. The first-order valence-electron chi connectivity index (χ1n) is 16.2. The molecule has 5 rings (SSSR count). The molecule has 0 bridgehead atoms. The van der Waals surface area contributed by atoms with E-state index in [0.29, 0.717) is 50.1 Å². The van der Waals surface area contributed by atoms with Crippen LogP contribution in [0.1, 0.15) is 96.6 Å². The summed E-state index contributed by atoms with van der Waals surface area (Å²) >= 11 is 0. The molecule has 2 aromatic rings. The van der Waals surface area contributed by atoms with E-state index < -0.39 is 23.7 Å². The van der Waals surface area contributed by atoms with Gasteiger partial charge in [-0.1, -0.05) is 69.0 Å². The van der Waals surface area contributed by atoms with Crippen molar-refractivity contribution in [1.29, 1.82) is 0 Å². The van der Waals surface area contributed by atoms with E-state index in [2.05, 4.69) is 17.1 Å². The van der Waals surface area contributed by atoms with Crippen LogP contribution in [-0.2, 0) is 27.5 Å². The minimum absolute atomic E-state index is 0.0526. The van der Waals surface area contributed by atoms with Gasteiger partial charge in [-0.3, -0.25) is 19.3 Å². The van der Waals surface area contributed by atoms with E-state index in [1.165, 1.54) is 0 Å². The van der Waals surface area contributed by atoms with Crippen LogP contribution >= 0.6 is 0 Å². The zero-order chi connectivity index (χ0) is 31.1. The predicted octanol–water partition coefficient (Wildman–Crippen LogP) is 4.26. The number of piperidine rings is 1. The number of rotatable bonds is 11. The summed E-state index contributed by atoms with van der Waals surface area (Å²) in [6.07, 6.45) is 7.82. The van der Waals surface area contributed by atoms with E-state index in [4.69, 9.17) is 4.74 Å². The van der Waals surface area contributed by atoms with E-state index in [0.717, 1.165) is 62.4 Å². The largest absolute Gasteiger partial charge is 0.457 e. The van der Waals surface area contributed by atoms with Crippen molar-refractivity contribution in [2.45, 2.75) is 95.5 Å². The number of ether oxygens (including phenoxy) is 1. The number of nitrogens with zero attached hydrogens (tertiary/aromatic N) is 2. The molecule has 2 heterocycles. The molecule has 44 heavy (non-hydrogen) atoms. The van der Waals surface area contributed by atoms with Gasteiger partial charge in [0.15, 0.2) is 0 Å². The smallest absolute Gasteiger partial charge is 0.338 e. The number of hydrogen-bond acceptors (Lipinski definition) is 7. The van der Waals surface area contributed by atoms with Gasteiger partial charge in [-0.15, -0.1) is 0 Å². The van der Waals surface area contributed by atoms with Crippen molar-refractivity contribution in [3.8, 4) is 0 Å². The molecule has 236 valence electrons. The molecule has 1 spiro atoms. The number of carbonyl (C=O) groups excluding carboxylic acids is 4. The van der Waals surface area contributed by atoms with Crippen molar-refractivity contribution in [2.75, 3.05) is 19.6 Å². The molecule has 1 saturated carbocycles. The van der Waals surface area contributed by atoms with Crippen LogP contribution in [0.2, 0.25) is 0 Å². The van der Waals surface area contributed by atoms with Crippen LogP contribution in [0.5, 0.6) is 0 Å². The van der Waals surface area contributed by atoms with Gasteiger partial charge in [-0.25, -0.2) is 4.79 Å². The number of esters is 1. The lowest BCUT2D eigenvalue weighted by atomic mass is 9.78. The Hall–Kier alpha value is -3.56. The van der Waals surface area contributed by atoms with Crippen LogP contribution in [0, 0.1) is 5.92 Å². The van der Waals surface area contributed by atoms with Crippen LogP contribution in [0.25, 0.3) is 0 Å². The maximum atomic E-state index is 13.8. The molecular weight excluding hydrogens is 558 g/mol. The fraction of sp³-hybridized carbons (Fsp3) is 0.543. The Morgan fingerprint density at radius 3 is 2.32 bits per heavy atom. The van der Waals surface area contributed by atoms with Gasteiger partial charge in [0.25, 0.3) is 0 Å². The Morgan fingerprint density at radius 2 is 1.68 bits per heavy atom. The molecule has 0 unspecified atom stereocenters. The molecule has 0 radical (unpaired) electrons. The summed E-state index contributed by atoms with van der Waals surface area (Å²) in [5, 5.41) is 14.1. The Bertz CT molecular complexity index is 1300. The quantitative estimate of drug-likeness (QED) is 0.291. The molecule has 3 aliphatic rings. The number of hydrogen-bond donors (Lipinski definition) is 2. The van der Waals surface area contributed by atoms with Crippen molar-refractivity contribution >= 4 is 24.1 Å². The number of benzene rings is 2. The van der Waals surface area contributed by atoms with E-state index in [1.807, 2.05) is 12.1 Å². The highest BCUT2D eigenvalue weighted by Gasteiger charge is 2.55. The van der Waals surface area contributed by atoms with Crippen LogP contribution in [0.3, 0.4) is 0 Å². The third kappa shape index (κ3) is 7.05. The Kier molecular flexibility index (Phi) is 10.5. The first-order chi connectivity index (χ1) is 21.3. The number of nitrogens with one attached hydrogen (secondary N) is 1. The monoisotopic (exact) mass is 603 g/mol. The van der Waals surface area contributed by atoms with Gasteiger partial charge >= 0.3 is 5.97 Å². The Labute approximate surface area is 259 Å². The van der Waals surface area contributed by atoms with Gasteiger partial charge in [-0.2, -0.15) is 0 Å². The maximum absolute atomic E-state index is 13.8. The maximum Gasteiger partial charge on any atom is 0.338 e. The SMILES string of the molecule is CCCCN1C(=O)[C@@H]([C@H](O)C2CCCCC2)NC(=O)C12CCN(Cc1ccc(C(=O)OCc3ccc(C=O)cc3)cc1)CC2. The fourth-order valence-electron chi connectivity index (χ4n) is 6.97. The van der Waals surface area contributed by atoms with Crippen LogP contribution < -0.4 is 5.32 Å². The van der Waals surface area contributed by atoms with Gasteiger partial charge < -0.3 is 20.1 Å². The van der Waals surface area contributed by atoms with Crippen molar-refractivity contribution in [2.24, 2.45) is 5.92 Å². The highest BCUT2D eigenvalue weighted by Crippen LogP contribution is 2.36. The standard InChI is InChI=1S/C35H45N3O6/c1-2-3-19-38-32(41)30(31(40)28-7-5-4-6-8-28)36-34(43)35(38)17-20-37(21-18-35)22-25-13-15-29(16-14-25)33(42)44-24-27-11-9-26(23-39)10-12-27/h9-16,23,28,30-31,40H,2-8,17-22,24H2,1H3,(H,36,43)/t30-,31-/m1/s1. The number of carbonyl (C=O) groups is 4. The molecule has 3 fully saturated rings. The molecule has 0 aromatic heterocycles. The van der Waals surface area contributed by atoms with Crippen molar-refractivity contribution in [3.05, 3.63) is 70.8 Å². The molecule has 2 amide bonds. The van der Waals surface area contributed by atoms with E-state index in [9.17, 15) is 24.3 Å². The second-order valence-corrected chi connectivity index (χ2v) is 12.6. The minimum atomic E-state index is -0.882. The molecule has 2 atom stereocenters. The summed E-state index contributed by atoms with van der Waals surface area (Å²) in [4.78, 5) is 55.0. The second-order valence-electron chi connectivity index (χ2n) is 12.6. The lowest BCUT2D eigenvalue weighted by molar-refractivity contribution is -0.166. The van der Waals surface area contributed by atoms with Crippen molar-refractivity contribution in [1.82, 2.24) is 15.1 Å². The Balaban J connectivity index is 1.17. The van der Waals surface area contributed by atoms with Crippen molar-refractivity contribution in [3.63, 3.8) is 0 Å². The summed E-state index contributed by atoms with van der Waals surface area (Å²) in [6.45, 7) is 4.72. The first-order valence-corrected chi connectivity index (χ1v) is 16.2. The molecule has 9 nitrogen and oxygen atoms in total. The highest BCUT2D eigenvalue weighted by atomic mass is 16.5. The minimum Gasteiger partial charge on any atom is -0.457 e. The molecule has 2 aliphatic heterocycles. The van der Waals surface area contributed by atoms with Crippen LogP contribution in [0.4, 0.5) is 0 Å². The Morgan fingerprint density at radius 1 is 1.02 bits per heavy atom. The van der Waals surface area contributed by atoms with Gasteiger partial charge in [0.2, 0.25) is 11.8 Å². The third-order valence-corrected chi connectivity index (χ3v) is 9.73. The molecule has 9 heteroatoms.